The lowest BCUT2D eigenvalue weighted by Crippen LogP contribution is -2.24. The van der Waals surface area contributed by atoms with E-state index < -0.39 is 0 Å². The van der Waals surface area contributed by atoms with Crippen molar-refractivity contribution in [2.75, 3.05) is 19.0 Å². The second-order valence-corrected chi connectivity index (χ2v) is 9.67. The molecular weight excluding hydrogens is 406 g/mol. The Kier molecular flexibility index (Phi) is 27.5. The van der Waals surface area contributed by atoms with E-state index in [0.717, 1.165) is 25.8 Å². The van der Waals surface area contributed by atoms with Crippen LogP contribution in [0.15, 0.2) is 0 Å². The molecule has 4 heteroatoms. The monoisotopic (exact) mass is 459 g/mol. The first-order valence-corrected chi connectivity index (χ1v) is 14.3. The number of hydrogen-bond donors (Lipinski definition) is 2. The van der Waals surface area contributed by atoms with Gasteiger partial charge in [0.2, 0.25) is 5.91 Å². The molecule has 0 saturated heterocycles. The maximum Gasteiger partial charge on any atom is 0.219 e. The molecule has 2 N–H and O–H groups in total. The molecule has 186 valence electrons. The van der Waals surface area contributed by atoms with E-state index in [1.165, 1.54) is 122 Å². The summed E-state index contributed by atoms with van der Waals surface area (Å²) in [6.07, 6.45) is 29.6. The van der Waals surface area contributed by atoms with Crippen LogP contribution in [-0.4, -0.2) is 30.0 Å². The predicted octanol–water partition coefficient (Wildman–Crippen LogP) is 8.31. The fraction of sp³-hybridized carbons (Fsp3) is 0.963. The fourth-order valence-corrected chi connectivity index (χ4v) is 4.27. The van der Waals surface area contributed by atoms with Crippen LogP contribution in [0.2, 0.25) is 0 Å². The van der Waals surface area contributed by atoms with E-state index in [1.807, 2.05) is 0 Å². The Labute approximate surface area is 199 Å². The summed E-state index contributed by atoms with van der Waals surface area (Å²) in [5.41, 5.74) is 0. The molecule has 0 bridgehead atoms. The Morgan fingerprint density at radius 2 is 0.839 bits per heavy atom. The maximum absolute atomic E-state index is 11.6. The number of halogens is 1. The van der Waals surface area contributed by atoms with Crippen LogP contribution in [0.4, 0.5) is 0 Å². The average molecular weight is 460 g/mol. The van der Waals surface area contributed by atoms with Crippen LogP contribution in [0.25, 0.3) is 0 Å². The van der Waals surface area contributed by atoms with Gasteiger partial charge in [0, 0.05) is 25.5 Å². The number of nitrogens with one attached hydrogen (secondary N) is 1. The first kappa shape index (κ1) is 30.7. The lowest BCUT2D eigenvalue weighted by molar-refractivity contribution is -0.121. The molecule has 0 saturated carbocycles. The van der Waals surface area contributed by atoms with Crippen LogP contribution in [0.1, 0.15) is 148 Å². The van der Waals surface area contributed by atoms with Gasteiger partial charge < -0.3 is 10.4 Å². The molecule has 0 aliphatic carbocycles. The van der Waals surface area contributed by atoms with Gasteiger partial charge in [-0.2, -0.15) is 0 Å². The number of hydrogen-bond acceptors (Lipinski definition) is 2. The SMILES string of the molecule is O=C(CCCCCCCCCCCCCCCCCCCCCCCO)NCCCCl. The van der Waals surface area contributed by atoms with Gasteiger partial charge in [-0.05, 0) is 19.3 Å². The average Bonchev–Trinajstić information content (AvgIpc) is 2.77. The maximum atomic E-state index is 11.6. The zero-order valence-electron chi connectivity index (χ0n) is 20.6. The lowest BCUT2D eigenvalue weighted by Gasteiger charge is -2.05. The second kappa shape index (κ2) is 27.8. The van der Waals surface area contributed by atoms with Gasteiger partial charge in [0.25, 0.3) is 0 Å². The van der Waals surface area contributed by atoms with E-state index in [1.54, 1.807) is 0 Å². The highest BCUT2D eigenvalue weighted by atomic mass is 35.5. The van der Waals surface area contributed by atoms with E-state index in [4.69, 9.17) is 16.7 Å². The third-order valence-electron chi connectivity index (χ3n) is 6.19. The number of carbonyl (C=O) groups excluding carboxylic acids is 1. The summed E-state index contributed by atoms with van der Waals surface area (Å²) < 4.78 is 0. The van der Waals surface area contributed by atoms with Crippen molar-refractivity contribution in [3.63, 3.8) is 0 Å². The molecule has 0 aromatic heterocycles. The van der Waals surface area contributed by atoms with Crippen LogP contribution < -0.4 is 5.32 Å². The normalized spacial score (nSPS) is 11.2. The zero-order valence-corrected chi connectivity index (χ0v) is 21.4. The van der Waals surface area contributed by atoms with Crippen LogP contribution in [0.5, 0.6) is 0 Å². The molecular formula is C27H54ClNO2. The van der Waals surface area contributed by atoms with Crippen molar-refractivity contribution in [1.82, 2.24) is 5.32 Å². The zero-order chi connectivity index (χ0) is 22.7. The standard InChI is InChI=1S/C27H54ClNO2/c28-24-22-25-29-27(31)23-20-18-16-14-12-10-8-6-4-2-1-3-5-7-9-11-13-15-17-19-21-26-30/h30H,1-26H2,(H,29,31). The van der Waals surface area contributed by atoms with Gasteiger partial charge in [-0.1, -0.05) is 122 Å². The molecule has 0 unspecified atom stereocenters. The minimum Gasteiger partial charge on any atom is -0.396 e. The van der Waals surface area contributed by atoms with E-state index in [0.29, 0.717) is 18.9 Å². The van der Waals surface area contributed by atoms with Crippen molar-refractivity contribution in [3.8, 4) is 0 Å². The number of unbranched alkanes of at least 4 members (excludes halogenated alkanes) is 20. The van der Waals surface area contributed by atoms with Crippen molar-refractivity contribution in [2.45, 2.75) is 148 Å². The molecule has 0 heterocycles. The summed E-state index contributed by atoms with van der Waals surface area (Å²) in [5.74, 6) is 0.806. The molecule has 0 rings (SSSR count). The van der Waals surface area contributed by atoms with Crippen molar-refractivity contribution < 1.29 is 9.90 Å². The van der Waals surface area contributed by atoms with Gasteiger partial charge in [-0.15, -0.1) is 11.6 Å². The molecule has 0 atom stereocenters. The first-order valence-electron chi connectivity index (χ1n) is 13.7. The van der Waals surface area contributed by atoms with Gasteiger partial charge in [-0.3, -0.25) is 4.79 Å². The van der Waals surface area contributed by atoms with E-state index in [-0.39, 0.29) is 5.91 Å². The number of amides is 1. The summed E-state index contributed by atoms with van der Waals surface area (Å²) in [6, 6.07) is 0. The van der Waals surface area contributed by atoms with Gasteiger partial charge in [0.15, 0.2) is 0 Å². The summed E-state index contributed by atoms with van der Waals surface area (Å²) in [4.78, 5) is 11.6. The largest absolute Gasteiger partial charge is 0.396 e. The molecule has 0 aromatic rings. The molecule has 0 aliphatic rings. The number of rotatable bonds is 26. The third-order valence-corrected chi connectivity index (χ3v) is 6.46. The Morgan fingerprint density at radius 3 is 1.16 bits per heavy atom. The summed E-state index contributed by atoms with van der Waals surface area (Å²) in [6.45, 7) is 1.08. The van der Waals surface area contributed by atoms with Crippen molar-refractivity contribution in [3.05, 3.63) is 0 Å². The number of aliphatic hydroxyl groups excluding tert-OH is 1. The summed E-state index contributed by atoms with van der Waals surface area (Å²) in [7, 11) is 0. The van der Waals surface area contributed by atoms with Crippen molar-refractivity contribution in [1.29, 1.82) is 0 Å². The number of alkyl halides is 1. The first-order chi connectivity index (χ1) is 15.3. The molecule has 0 aliphatic heterocycles. The van der Waals surface area contributed by atoms with E-state index in [9.17, 15) is 4.79 Å². The topological polar surface area (TPSA) is 49.3 Å². The lowest BCUT2D eigenvalue weighted by atomic mass is 10.0. The van der Waals surface area contributed by atoms with Gasteiger partial charge >= 0.3 is 0 Å². The third kappa shape index (κ3) is 27.7. The van der Waals surface area contributed by atoms with E-state index >= 15 is 0 Å². The Morgan fingerprint density at radius 1 is 0.516 bits per heavy atom. The van der Waals surface area contributed by atoms with Crippen LogP contribution in [0.3, 0.4) is 0 Å². The van der Waals surface area contributed by atoms with Crippen LogP contribution in [0, 0.1) is 0 Å². The highest BCUT2D eigenvalue weighted by molar-refractivity contribution is 6.17. The minimum atomic E-state index is 0.186. The molecule has 0 fully saturated rings. The number of carbonyl (C=O) groups is 1. The Hall–Kier alpha value is -0.280. The molecule has 31 heavy (non-hydrogen) atoms. The van der Waals surface area contributed by atoms with Crippen LogP contribution >= 0.6 is 11.6 Å². The fourth-order valence-electron chi connectivity index (χ4n) is 4.14. The smallest absolute Gasteiger partial charge is 0.219 e. The van der Waals surface area contributed by atoms with Crippen LogP contribution in [-0.2, 0) is 4.79 Å². The van der Waals surface area contributed by atoms with Gasteiger partial charge in [-0.25, -0.2) is 0 Å². The number of aliphatic hydroxyl groups is 1. The van der Waals surface area contributed by atoms with Gasteiger partial charge in [0.05, 0.1) is 0 Å². The van der Waals surface area contributed by atoms with Crippen molar-refractivity contribution >= 4 is 17.5 Å². The highest BCUT2D eigenvalue weighted by Gasteiger charge is 2.00. The summed E-state index contributed by atoms with van der Waals surface area (Å²) >= 11 is 5.60. The molecule has 1 amide bonds. The molecule has 3 nitrogen and oxygen atoms in total. The van der Waals surface area contributed by atoms with Gasteiger partial charge in [0.1, 0.15) is 0 Å². The predicted molar refractivity (Wildman–Crippen MR) is 137 cm³/mol. The minimum absolute atomic E-state index is 0.186. The Balaban J connectivity index is 3.06. The highest BCUT2D eigenvalue weighted by Crippen LogP contribution is 2.15. The molecule has 0 spiro atoms. The molecule has 0 aromatic carbocycles. The summed E-state index contributed by atoms with van der Waals surface area (Å²) in [5, 5.41) is 11.7. The molecule has 0 radical (unpaired) electrons. The van der Waals surface area contributed by atoms with E-state index in [2.05, 4.69) is 5.32 Å². The van der Waals surface area contributed by atoms with Crippen molar-refractivity contribution in [2.24, 2.45) is 0 Å². The quantitative estimate of drug-likeness (QED) is 0.101. The second-order valence-electron chi connectivity index (χ2n) is 9.29. The Bertz CT molecular complexity index is 352.